The minimum Gasteiger partial charge on any atom is -0.488 e. The van der Waals surface area contributed by atoms with Crippen LogP contribution < -0.4 is 4.74 Å². The molecule has 0 amide bonds. The zero-order valence-electron chi connectivity index (χ0n) is 12.8. The summed E-state index contributed by atoms with van der Waals surface area (Å²) < 4.78 is 29.7. The summed E-state index contributed by atoms with van der Waals surface area (Å²) >= 11 is 0. The maximum absolute atomic E-state index is 13.7. The Labute approximate surface area is 132 Å². The van der Waals surface area contributed by atoms with Crippen LogP contribution in [0.1, 0.15) is 21.7 Å². The Balaban J connectivity index is 1.98. The molecule has 0 atom stereocenters. The van der Waals surface area contributed by atoms with Crippen molar-refractivity contribution in [1.82, 2.24) is 0 Å². The lowest BCUT2D eigenvalue weighted by Gasteiger charge is -2.09. The Morgan fingerprint density at radius 2 is 2.00 bits per heavy atom. The van der Waals surface area contributed by atoms with Gasteiger partial charge in [0, 0.05) is 5.56 Å². The van der Waals surface area contributed by atoms with E-state index >= 15 is 0 Å². The molecule has 0 unspecified atom stereocenters. The van der Waals surface area contributed by atoms with E-state index in [4.69, 9.17) is 13.9 Å². The van der Waals surface area contributed by atoms with E-state index in [2.05, 4.69) is 0 Å². The van der Waals surface area contributed by atoms with E-state index in [1.165, 1.54) is 13.2 Å². The van der Waals surface area contributed by atoms with E-state index in [0.29, 0.717) is 28.2 Å². The number of esters is 1. The minimum atomic E-state index is -0.489. The smallest absolute Gasteiger partial charge is 0.338 e. The molecular formula is C18H15FO4. The van der Waals surface area contributed by atoms with E-state index < -0.39 is 5.97 Å². The first kappa shape index (κ1) is 15.1. The van der Waals surface area contributed by atoms with Crippen molar-refractivity contribution < 1.29 is 23.1 Å². The lowest BCUT2D eigenvalue weighted by atomic mass is 10.1. The van der Waals surface area contributed by atoms with Gasteiger partial charge in [0.25, 0.3) is 0 Å². The van der Waals surface area contributed by atoms with Gasteiger partial charge in [-0.3, -0.25) is 0 Å². The van der Waals surface area contributed by atoms with E-state index in [-0.39, 0.29) is 12.4 Å². The van der Waals surface area contributed by atoms with Crippen molar-refractivity contribution in [3.63, 3.8) is 0 Å². The molecular weight excluding hydrogens is 299 g/mol. The topological polar surface area (TPSA) is 48.7 Å². The number of carbonyl (C=O) groups excluding carboxylic acids is 1. The molecule has 3 aromatic rings. The summed E-state index contributed by atoms with van der Waals surface area (Å²) in [7, 11) is 1.31. The van der Waals surface area contributed by atoms with Gasteiger partial charge in [0.15, 0.2) is 0 Å². The van der Waals surface area contributed by atoms with Gasteiger partial charge in [0.2, 0.25) is 0 Å². The third kappa shape index (κ3) is 3.04. The van der Waals surface area contributed by atoms with Crippen LogP contribution in [0.25, 0.3) is 11.0 Å². The number of methoxy groups -OCH3 is 1. The van der Waals surface area contributed by atoms with E-state index in [1.54, 1.807) is 37.3 Å². The third-order valence-electron chi connectivity index (χ3n) is 3.48. The Morgan fingerprint density at radius 1 is 1.22 bits per heavy atom. The first-order chi connectivity index (χ1) is 11.1. The van der Waals surface area contributed by atoms with Crippen LogP contribution in [0.15, 0.2) is 46.9 Å². The predicted octanol–water partition coefficient (Wildman–Crippen LogP) is 4.25. The molecule has 2 aromatic carbocycles. The number of halogens is 1. The number of fused-ring (bicyclic) bond motifs is 1. The fourth-order valence-corrected chi connectivity index (χ4v) is 2.36. The number of hydrogen-bond donors (Lipinski definition) is 0. The average Bonchev–Trinajstić information content (AvgIpc) is 2.93. The Hall–Kier alpha value is -2.82. The summed E-state index contributed by atoms with van der Waals surface area (Å²) in [5, 5.41) is 0.728. The van der Waals surface area contributed by atoms with Gasteiger partial charge in [-0.25, -0.2) is 9.18 Å². The Morgan fingerprint density at radius 3 is 2.74 bits per heavy atom. The summed E-state index contributed by atoms with van der Waals surface area (Å²) in [6.45, 7) is 1.86. The van der Waals surface area contributed by atoms with Gasteiger partial charge in [0.05, 0.1) is 18.1 Å². The van der Waals surface area contributed by atoms with Gasteiger partial charge in [-0.1, -0.05) is 18.2 Å². The van der Waals surface area contributed by atoms with Crippen LogP contribution in [0, 0.1) is 12.7 Å². The van der Waals surface area contributed by atoms with Crippen molar-refractivity contribution in [3.8, 4) is 5.75 Å². The molecule has 0 aliphatic carbocycles. The Bertz CT molecular complexity index is 867. The number of ether oxygens (including phenoxy) is 2. The van der Waals surface area contributed by atoms with E-state index in [9.17, 15) is 9.18 Å². The number of rotatable bonds is 4. The lowest BCUT2D eigenvalue weighted by molar-refractivity contribution is 0.0600. The molecule has 0 fully saturated rings. The van der Waals surface area contributed by atoms with Crippen molar-refractivity contribution in [1.29, 1.82) is 0 Å². The van der Waals surface area contributed by atoms with Gasteiger partial charge in [-0.05, 0) is 31.2 Å². The van der Waals surface area contributed by atoms with E-state index in [1.807, 2.05) is 6.07 Å². The first-order valence-electron chi connectivity index (χ1n) is 7.07. The fraction of sp³-hybridized carbons (Fsp3) is 0.167. The van der Waals surface area contributed by atoms with Crippen molar-refractivity contribution in [2.75, 3.05) is 7.11 Å². The monoisotopic (exact) mass is 314 g/mol. The second-order valence-corrected chi connectivity index (χ2v) is 5.11. The Kier molecular flexibility index (Phi) is 4.02. The SMILES string of the molecule is COC(=O)c1cc(OCc2ccccc2F)c2cc(C)oc2c1. The third-order valence-corrected chi connectivity index (χ3v) is 3.48. The molecule has 0 aliphatic heterocycles. The molecule has 3 rings (SSSR count). The number of furan rings is 1. The molecule has 0 saturated heterocycles. The highest BCUT2D eigenvalue weighted by molar-refractivity contribution is 5.96. The number of aryl methyl sites for hydroxylation is 1. The maximum atomic E-state index is 13.7. The highest BCUT2D eigenvalue weighted by Gasteiger charge is 2.15. The summed E-state index contributed by atoms with van der Waals surface area (Å²) in [4.78, 5) is 11.8. The van der Waals surface area contributed by atoms with Crippen LogP contribution in [0.3, 0.4) is 0 Å². The van der Waals surface area contributed by atoms with Gasteiger partial charge in [0.1, 0.15) is 29.5 Å². The van der Waals surface area contributed by atoms with Crippen molar-refractivity contribution in [2.24, 2.45) is 0 Å². The zero-order valence-corrected chi connectivity index (χ0v) is 12.8. The van der Waals surface area contributed by atoms with Crippen LogP contribution in [-0.4, -0.2) is 13.1 Å². The van der Waals surface area contributed by atoms with Crippen LogP contribution in [0.5, 0.6) is 5.75 Å². The molecule has 0 spiro atoms. The average molecular weight is 314 g/mol. The predicted molar refractivity (Wildman–Crippen MR) is 83.0 cm³/mol. The van der Waals surface area contributed by atoms with Crippen molar-refractivity contribution in [2.45, 2.75) is 13.5 Å². The first-order valence-corrected chi connectivity index (χ1v) is 7.07. The second-order valence-electron chi connectivity index (χ2n) is 5.11. The van der Waals surface area contributed by atoms with Crippen molar-refractivity contribution in [3.05, 3.63) is 65.2 Å². The molecule has 1 heterocycles. The van der Waals surface area contributed by atoms with Crippen LogP contribution in [-0.2, 0) is 11.3 Å². The largest absolute Gasteiger partial charge is 0.488 e. The molecule has 5 heteroatoms. The van der Waals surface area contributed by atoms with Gasteiger partial charge >= 0.3 is 5.97 Å². The lowest BCUT2D eigenvalue weighted by Crippen LogP contribution is -2.03. The normalized spacial score (nSPS) is 10.7. The molecule has 0 saturated carbocycles. The molecule has 23 heavy (non-hydrogen) atoms. The molecule has 0 N–H and O–H groups in total. The number of carbonyl (C=O) groups is 1. The van der Waals surface area contributed by atoms with Crippen LogP contribution >= 0.6 is 0 Å². The fourth-order valence-electron chi connectivity index (χ4n) is 2.36. The summed E-state index contributed by atoms with van der Waals surface area (Å²) in [6, 6.07) is 11.4. The molecule has 0 bridgehead atoms. The summed E-state index contributed by atoms with van der Waals surface area (Å²) in [5.41, 5.74) is 1.27. The van der Waals surface area contributed by atoms with E-state index in [0.717, 1.165) is 5.39 Å². The highest BCUT2D eigenvalue weighted by atomic mass is 19.1. The standard InChI is InChI=1S/C18H15FO4/c1-11-7-14-16(22-10-12-5-3-4-6-15(12)19)8-13(18(20)21-2)9-17(14)23-11/h3-9H,10H2,1-2H3. The quantitative estimate of drug-likeness (QED) is 0.676. The van der Waals surface area contributed by atoms with Crippen LogP contribution in [0.2, 0.25) is 0 Å². The van der Waals surface area contributed by atoms with Gasteiger partial charge < -0.3 is 13.9 Å². The summed E-state index contributed by atoms with van der Waals surface area (Å²) in [6.07, 6.45) is 0. The molecule has 0 radical (unpaired) electrons. The number of hydrogen-bond acceptors (Lipinski definition) is 4. The maximum Gasteiger partial charge on any atom is 0.338 e. The molecule has 118 valence electrons. The van der Waals surface area contributed by atoms with Crippen molar-refractivity contribution >= 4 is 16.9 Å². The minimum absolute atomic E-state index is 0.0522. The molecule has 4 nitrogen and oxygen atoms in total. The van der Waals surface area contributed by atoms with Gasteiger partial charge in [-0.15, -0.1) is 0 Å². The molecule has 1 aromatic heterocycles. The van der Waals surface area contributed by atoms with Gasteiger partial charge in [-0.2, -0.15) is 0 Å². The molecule has 0 aliphatic rings. The number of benzene rings is 2. The summed E-state index contributed by atoms with van der Waals surface area (Å²) in [5.74, 6) is 0.314. The highest BCUT2D eigenvalue weighted by Crippen LogP contribution is 2.31. The zero-order chi connectivity index (χ0) is 16.4. The van der Waals surface area contributed by atoms with Crippen LogP contribution in [0.4, 0.5) is 4.39 Å². The second kappa shape index (κ2) is 6.12.